The molecule has 1 aromatic heterocycles. The average Bonchev–Trinajstić information content (AvgIpc) is 3.64. The van der Waals surface area contributed by atoms with Crippen LogP contribution in [0.25, 0.3) is 0 Å². The summed E-state index contributed by atoms with van der Waals surface area (Å²) in [6, 6.07) is 1.22. The molecule has 2 unspecified atom stereocenters. The number of carbonyl (C=O) groups excluding carboxylic acids is 2. The lowest BCUT2D eigenvalue weighted by Gasteiger charge is -2.21. The van der Waals surface area contributed by atoms with Crippen molar-refractivity contribution in [3.8, 4) is 0 Å². The van der Waals surface area contributed by atoms with Gasteiger partial charge in [0.15, 0.2) is 12.3 Å². The van der Waals surface area contributed by atoms with E-state index in [4.69, 9.17) is 29.0 Å². The van der Waals surface area contributed by atoms with E-state index < -0.39 is 102 Å². The van der Waals surface area contributed by atoms with Crippen molar-refractivity contribution < 1.29 is 81.6 Å². The maximum Gasteiger partial charge on any atom is 0.481 e. The molecule has 0 spiro atoms. The zero-order valence-corrected chi connectivity index (χ0v) is 44.7. The zero-order valence-electron chi connectivity index (χ0n) is 42.9. The predicted octanol–water partition coefficient (Wildman–Crippen LogP) is 7.13. The fourth-order valence-corrected chi connectivity index (χ4v) is 8.76. The van der Waals surface area contributed by atoms with Crippen LogP contribution in [0.1, 0.15) is 116 Å². The van der Waals surface area contributed by atoms with E-state index in [1.165, 1.54) is 37.5 Å². The first-order valence-corrected chi connectivity index (χ1v) is 28.2. The van der Waals surface area contributed by atoms with Gasteiger partial charge in [0, 0.05) is 19.0 Å². The molecule has 0 aromatic carbocycles. The molecule has 1 fully saturated rings. The molecule has 1 aromatic rings. The van der Waals surface area contributed by atoms with E-state index in [2.05, 4.69) is 46.6 Å². The third kappa shape index (κ3) is 31.2. The number of unbranched alkanes of at least 4 members (excludes halogenated alkanes) is 4. The summed E-state index contributed by atoms with van der Waals surface area (Å²) >= 11 is 0. The normalized spacial score (nSPS) is 21.0. The molecule has 75 heavy (non-hydrogen) atoms. The van der Waals surface area contributed by atoms with Crippen LogP contribution in [0.15, 0.2) is 126 Å². The minimum Gasteiger partial charge on any atom is -0.462 e. The van der Waals surface area contributed by atoms with Crippen LogP contribution < -0.4 is 11.4 Å². The molecule has 1 saturated heterocycles. The lowest BCUT2D eigenvalue weighted by Crippen LogP contribution is -2.36. The lowest BCUT2D eigenvalue weighted by molar-refractivity contribution is -0.161. The number of allylic oxidation sites excluding steroid dienone is 15. The third-order valence-corrected chi connectivity index (χ3v) is 13.3. The van der Waals surface area contributed by atoms with Gasteiger partial charge < -0.3 is 55.3 Å². The molecule has 1 aliphatic rings. The standard InChI is InChI=1S/C52H79N3O18P2/c1-3-5-7-8-9-10-11-12-13-14-15-16-17-18-19-24-28-34-47(59)68-38-42(71-48(60)35-29-33-44(58)43(57)32-27-23-21-20-22-26-31-41(56)30-25-6-4-2)39-69-74(64,65)73-75(66,67)70-40-45-49(61)50(62)51(72-45)55-37-36-46(53)54-52(55)63/h6,9-10,12-13,15-16,18-23,25-27,31-32,36-37,41-45,49-51,56-58,61-62H,3-5,7-8,11,14,17,24,28-30,33-35,38-40H2,1-2H3,(H,64,65)(H,66,67)(H2,53,54,63)/b10-9-,13-12-,16-15-,19-18-,22-20+,23-21-,25-6-,31-26+,32-27-/t41-,42+,43+,44+,45+,49+,50+,51+/m0/s1. The van der Waals surface area contributed by atoms with E-state index in [0.29, 0.717) is 25.7 Å². The average molecular weight is 1100 g/mol. The number of nitrogens with two attached hydrogens (primary N) is 1. The number of nitrogens with zero attached hydrogens (tertiary/aromatic N) is 2. The van der Waals surface area contributed by atoms with Gasteiger partial charge in [0.2, 0.25) is 0 Å². The second-order valence-corrected chi connectivity index (χ2v) is 20.2. The van der Waals surface area contributed by atoms with Crippen molar-refractivity contribution in [1.82, 2.24) is 9.55 Å². The maximum absolute atomic E-state index is 12.9. The van der Waals surface area contributed by atoms with Crippen molar-refractivity contribution in [2.45, 2.75) is 159 Å². The molecule has 10 atom stereocenters. The topological polar surface area (TPSA) is 326 Å². The molecule has 1 aliphatic heterocycles. The Bertz CT molecular complexity index is 2240. The van der Waals surface area contributed by atoms with Gasteiger partial charge in [0.25, 0.3) is 0 Å². The SMILES string of the molecule is CC/C=C\C[C@H](O)/C=C/C=C/C=C\C=C/[C@@H](O)[C@H](O)CCCC(=O)O[C@H](COC(=O)CCC/C=C\C/C=C\C/C=C\C/C=C\CCCCC)COP(=O)(O)OP(=O)(O)OC[C@H]1O[C@@H](n2ccc(N)nc2=O)[C@H](O)[C@@H]1O. The van der Waals surface area contributed by atoms with Crippen LogP contribution in [0.3, 0.4) is 0 Å². The molecular formula is C52H79N3O18P2. The predicted molar refractivity (Wildman–Crippen MR) is 283 cm³/mol. The molecule has 2 rings (SSSR count). The number of carbonyl (C=O) groups is 2. The molecular weight excluding hydrogens is 1020 g/mol. The number of hydrogen-bond acceptors (Lipinski definition) is 18. The monoisotopic (exact) mass is 1100 g/mol. The number of phosphoric ester groups is 2. The minimum absolute atomic E-state index is 0.0121. The molecule has 21 nitrogen and oxygen atoms in total. The molecule has 23 heteroatoms. The molecule has 0 saturated carbocycles. The highest BCUT2D eigenvalue weighted by atomic mass is 31.3. The van der Waals surface area contributed by atoms with Gasteiger partial charge in [-0.3, -0.25) is 23.2 Å². The van der Waals surface area contributed by atoms with Crippen molar-refractivity contribution in [1.29, 1.82) is 0 Å². The number of esters is 2. The number of nitrogen functional groups attached to an aromatic ring is 1. The zero-order chi connectivity index (χ0) is 55.3. The van der Waals surface area contributed by atoms with Crippen LogP contribution in [0.4, 0.5) is 5.82 Å². The van der Waals surface area contributed by atoms with Crippen molar-refractivity contribution in [3.63, 3.8) is 0 Å². The summed E-state index contributed by atoms with van der Waals surface area (Å²) in [5.41, 5.74) is 4.54. The molecule has 0 bridgehead atoms. The van der Waals surface area contributed by atoms with Gasteiger partial charge in [-0.2, -0.15) is 9.29 Å². The Balaban J connectivity index is 1.93. The van der Waals surface area contributed by atoms with Crippen LogP contribution >= 0.6 is 15.6 Å². The molecule has 420 valence electrons. The number of aliphatic hydroxyl groups is 5. The summed E-state index contributed by atoms with van der Waals surface area (Å²) in [6.45, 7) is 1.53. The van der Waals surface area contributed by atoms with Crippen LogP contribution in [0.5, 0.6) is 0 Å². The van der Waals surface area contributed by atoms with Crippen LogP contribution in [-0.2, 0) is 46.3 Å². The molecule has 0 radical (unpaired) electrons. The maximum atomic E-state index is 12.9. The van der Waals surface area contributed by atoms with Crippen LogP contribution in [0.2, 0.25) is 0 Å². The molecule has 2 heterocycles. The lowest BCUT2D eigenvalue weighted by atomic mass is 10.1. The number of aliphatic hydroxyl groups excluding tert-OH is 5. The van der Waals surface area contributed by atoms with Crippen molar-refractivity contribution >= 4 is 33.4 Å². The van der Waals surface area contributed by atoms with E-state index in [1.54, 1.807) is 36.5 Å². The van der Waals surface area contributed by atoms with Gasteiger partial charge >= 0.3 is 33.3 Å². The van der Waals surface area contributed by atoms with Gasteiger partial charge in [-0.25, -0.2) is 13.9 Å². The Hall–Kier alpha value is -4.70. The third-order valence-electron chi connectivity index (χ3n) is 10.7. The van der Waals surface area contributed by atoms with Gasteiger partial charge in [0.1, 0.15) is 30.7 Å². The first-order valence-electron chi connectivity index (χ1n) is 25.2. The summed E-state index contributed by atoms with van der Waals surface area (Å²) in [5, 5.41) is 51.6. The van der Waals surface area contributed by atoms with E-state index in [1.807, 2.05) is 37.3 Å². The van der Waals surface area contributed by atoms with Gasteiger partial charge in [0.05, 0.1) is 31.5 Å². The van der Waals surface area contributed by atoms with E-state index in [9.17, 15) is 58.8 Å². The summed E-state index contributed by atoms with van der Waals surface area (Å²) in [4.78, 5) is 61.9. The number of hydrogen-bond donors (Lipinski definition) is 8. The van der Waals surface area contributed by atoms with Crippen LogP contribution in [0, 0.1) is 0 Å². The first-order chi connectivity index (χ1) is 35.9. The van der Waals surface area contributed by atoms with Gasteiger partial charge in [-0.1, -0.05) is 136 Å². The second-order valence-electron chi connectivity index (χ2n) is 17.1. The fraction of sp³-hybridized carbons (Fsp3) is 0.538. The van der Waals surface area contributed by atoms with Crippen LogP contribution in [-0.4, -0.2) is 119 Å². The summed E-state index contributed by atoms with van der Waals surface area (Å²) < 4.78 is 56.4. The molecule has 0 amide bonds. The molecule has 9 N–H and O–H groups in total. The van der Waals surface area contributed by atoms with E-state index in [-0.39, 0.29) is 31.5 Å². The Morgan fingerprint density at radius 3 is 2.00 bits per heavy atom. The summed E-state index contributed by atoms with van der Waals surface area (Å²) in [5.74, 6) is -1.73. The van der Waals surface area contributed by atoms with Gasteiger partial charge in [-0.15, -0.1) is 0 Å². The number of ether oxygens (including phenoxy) is 3. The van der Waals surface area contributed by atoms with Crippen molar-refractivity contribution in [3.05, 3.63) is 132 Å². The highest BCUT2D eigenvalue weighted by Crippen LogP contribution is 2.60. The van der Waals surface area contributed by atoms with Crippen molar-refractivity contribution in [2.24, 2.45) is 0 Å². The number of aromatic nitrogens is 2. The minimum atomic E-state index is -5.54. The Labute approximate surface area is 440 Å². The smallest absolute Gasteiger partial charge is 0.462 e. The second kappa shape index (κ2) is 38.8. The number of anilines is 1. The summed E-state index contributed by atoms with van der Waals surface area (Å²) in [6.07, 6.45) is 32.5. The van der Waals surface area contributed by atoms with Crippen molar-refractivity contribution in [2.75, 3.05) is 25.6 Å². The Morgan fingerprint density at radius 2 is 1.36 bits per heavy atom. The fourth-order valence-electron chi connectivity index (χ4n) is 6.65. The highest BCUT2D eigenvalue weighted by Gasteiger charge is 2.46. The quantitative estimate of drug-likeness (QED) is 0.0107. The molecule has 0 aliphatic carbocycles. The Morgan fingerprint density at radius 1 is 0.760 bits per heavy atom. The van der Waals surface area contributed by atoms with Gasteiger partial charge in [-0.05, 0) is 76.7 Å². The number of phosphoric acid groups is 2. The first kappa shape index (κ1) is 66.4. The highest BCUT2D eigenvalue weighted by molar-refractivity contribution is 7.61. The van der Waals surface area contributed by atoms with E-state index >= 15 is 0 Å². The van der Waals surface area contributed by atoms with E-state index in [0.717, 1.165) is 36.4 Å². The number of rotatable bonds is 39. The summed E-state index contributed by atoms with van der Waals surface area (Å²) in [7, 11) is -11.0. The largest absolute Gasteiger partial charge is 0.481 e. The Kier molecular flexibility index (Phi) is 34.3.